The molecule has 2 atom stereocenters. The fraction of sp³-hybridized carbons (Fsp3) is 0.611. The molecule has 0 heterocycles. The van der Waals surface area contributed by atoms with E-state index in [2.05, 4.69) is 77.6 Å². The summed E-state index contributed by atoms with van der Waals surface area (Å²) < 4.78 is 0. The van der Waals surface area contributed by atoms with Gasteiger partial charge in [0.2, 0.25) is 0 Å². The molecule has 0 saturated heterocycles. The first-order valence-electron chi connectivity index (χ1n) is 15.5. The summed E-state index contributed by atoms with van der Waals surface area (Å²) in [6, 6.07) is 6.60. The quantitative estimate of drug-likeness (QED) is 0.362. The van der Waals surface area contributed by atoms with Crippen molar-refractivity contribution in [3.8, 4) is 11.5 Å². The van der Waals surface area contributed by atoms with Crippen LogP contribution in [-0.4, -0.2) is 23.9 Å². The molecule has 0 radical (unpaired) electrons. The number of amides is 2. The molecule has 6 nitrogen and oxygen atoms in total. The van der Waals surface area contributed by atoms with Crippen LogP contribution in [0, 0.1) is 0 Å². The molecular weight excluding hydrogens is 612 g/mol. The molecule has 0 bridgehead atoms. The van der Waals surface area contributed by atoms with Gasteiger partial charge in [0.15, 0.2) is 0 Å². The van der Waals surface area contributed by atoms with Gasteiger partial charge in [-0.25, -0.2) is 0 Å². The van der Waals surface area contributed by atoms with E-state index in [1.54, 1.807) is 12.1 Å². The topological polar surface area (TPSA) is 104 Å². The zero-order chi connectivity index (χ0) is 34.0. The van der Waals surface area contributed by atoms with Crippen molar-refractivity contribution in [2.45, 2.75) is 143 Å². The van der Waals surface area contributed by atoms with Crippen molar-refractivity contribution in [3.63, 3.8) is 0 Å². The molecule has 1 fully saturated rings. The third kappa shape index (κ3) is 9.18. The molecule has 2 amide bonds. The number of carbonyl (C=O) groups is 2. The molecule has 3 rings (SSSR count). The van der Waals surface area contributed by atoms with Crippen LogP contribution >= 0.6 is 10.0 Å². The van der Waals surface area contributed by atoms with Crippen LogP contribution in [0.3, 0.4) is 0 Å². The van der Waals surface area contributed by atoms with E-state index in [0.717, 1.165) is 24.0 Å². The molecule has 8 heteroatoms. The van der Waals surface area contributed by atoms with Crippen LogP contribution in [0.25, 0.3) is 0 Å². The minimum absolute atomic E-state index is 0.137. The summed E-state index contributed by atoms with van der Waals surface area (Å²) in [6.07, 6.45) is 3.15. The van der Waals surface area contributed by atoms with Gasteiger partial charge in [-0.05, 0) is 68.9 Å². The van der Waals surface area contributed by atoms with Crippen LogP contribution < -0.4 is 20.8 Å². The van der Waals surface area contributed by atoms with Crippen molar-refractivity contribution in [1.29, 1.82) is 0 Å². The Morgan fingerprint density at radius 2 is 0.909 bits per heavy atom. The predicted octanol–water partition coefficient (Wildman–Crippen LogP) is 7.18. The standard InChI is InChI=1S/C36H54N2O4.ClH.Cr/c1-33(2,3)21-17-23(29(39)25(19-21)35(7,8)9)31(41)37-27-15-13-14-16-28(27)38-32(42)24-18-22(34(4,5)6)20-26(30(24)40)36(10,11)12;;/h17-20,27-28,39-40H,13-16H2,1-12H3,(H,37,41)(H,38,42);1H;/q;;+3/p-3/t27-,28-;;/m1../s1. The monoisotopic (exact) mass is 663 g/mol. The molecule has 2 aromatic rings. The summed E-state index contributed by atoms with van der Waals surface area (Å²) in [4.78, 5) is 27.4. The molecule has 243 valence electrons. The Morgan fingerprint density at radius 3 is 1.16 bits per heavy atom. The Morgan fingerprint density at radius 1 is 0.614 bits per heavy atom. The molecule has 1 aliphatic carbocycles. The maximum atomic E-state index is 13.7. The first-order chi connectivity index (χ1) is 20.0. The van der Waals surface area contributed by atoms with Crippen LogP contribution in [0.4, 0.5) is 0 Å². The van der Waals surface area contributed by atoms with E-state index in [9.17, 15) is 19.8 Å². The van der Waals surface area contributed by atoms with Gasteiger partial charge in [0.25, 0.3) is 11.8 Å². The van der Waals surface area contributed by atoms with E-state index >= 15 is 0 Å². The zero-order valence-electron chi connectivity index (χ0n) is 28.7. The summed E-state index contributed by atoms with van der Waals surface area (Å²) in [6.45, 7) is 24.3. The number of hydrogen-bond acceptors (Lipinski definition) is 4. The summed E-state index contributed by atoms with van der Waals surface area (Å²) in [7, 11) is 4.51. The predicted molar refractivity (Wildman–Crippen MR) is 173 cm³/mol. The van der Waals surface area contributed by atoms with Crippen molar-refractivity contribution >= 4 is 21.9 Å². The van der Waals surface area contributed by atoms with Gasteiger partial charge in [-0.15, -0.1) is 0 Å². The van der Waals surface area contributed by atoms with Crippen LogP contribution in [0.15, 0.2) is 24.3 Å². The van der Waals surface area contributed by atoms with E-state index in [1.807, 2.05) is 53.7 Å². The van der Waals surface area contributed by atoms with Crippen LogP contribution in [0.2, 0.25) is 0 Å². The third-order valence-electron chi connectivity index (χ3n) is 8.41. The Hall–Kier alpha value is -2.20. The van der Waals surface area contributed by atoms with Crippen LogP contribution in [0.5, 0.6) is 11.5 Å². The number of halogens is 1. The van der Waals surface area contributed by atoms with E-state index in [-0.39, 0.29) is 45.5 Å². The normalized spacial score (nSPS) is 17.7. The van der Waals surface area contributed by atoms with Crippen molar-refractivity contribution in [3.05, 3.63) is 57.6 Å². The van der Waals surface area contributed by atoms with Gasteiger partial charge in [0.05, 0.1) is 0 Å². The van der Waals surface area contributed by atoms with Crippen molar-refractivity contribution in [1.82, 2.24) is 10.6 Å². The molecule has 1 aliphatic rings. The molecule has 0 spiro atoms. The molecular formula is C36H52ClCrN2O4. The van der Waals surface area contributed by atoms with Gasteiger partial charge in [-0.1, -0.05) is 120 Å². The Labute approximate surface area is 278 Å². The van der Waals surface area contributed by atoms with E-state index in [0.29, 0.717) is 24.0 Å². The SMILES string of the molecule is CC(C)(C)c1cc(C(=O)N[C@@H]2CCCC[C@H]2NC(=O)c2cc(C(C)(C)C)cc(C(C)(C)C)c2[O-])c([O-])c(C(C)(C)C)c1.[Cl][Cr+2]. The number of carbonyl (C=O) groups excluding carboxylic acids is 2. The zero-order valence-corrected chi connectivity index (χ0v) is 30.7. The first-order valence-corrected chi connectivity index (χ1v) is 17.3. The van der Waals surface area contributed by atoms with Crippen molar-refractivity contribution in [2.75, 3.05) is 0 Å². The molecule has 2 aromatic carbocycles. The maximum absolute atomic E-state index is 13.7. The van der Waals surface area contributed by atoms with Crippen LogP contribution in [-0.2, 0) is 37.0 Å². The average molecular weight is 664 g/mol. The summed E-state index contributed by atoms with van der Waals surface area (Å²) in [5.41, 5.74) is 2.05. The minimum atomic E-state index is -0.419. The molecule has 0 unspecified atom stereocenters. The Balaban J connectivity index is 0.00000330. The second-order valence-corrected chi connectivity index (χ2v) is 16.2. The number of nitrogens with one attached hydrogen (secondary N) is 2. The van der Waals surface area contributed by atoms with E-state index < -0.39 is 22.6 Å². The average Bonchev–Trinajstić information content (AvgIpc) is 2.88. The van der Waals surface area contributed by atoms with E-state index in [1.165, 1.54) is 0 Å². The van der Waals surface area contributed by atoms with Gasteiger partial charge < -0.3 is 20.8 Å². The van der Waals surface area contributed by atoms with Crippen LogP contribution in [0.1, 0.15) is 152 Å². The van der Waals surface area contributed by atoms with E-state index in [4.69, 9.17) is 0 Å². The van der Waals surface area contributed by atoms with Gasteiger partial charge in [-0.2, -0.15) is 0 Å². The Kier molecular flexibility index (Phi) is 12.1. The van der Waals surface area contributed by atoms with Crippen molar-refractivity contribution in [2.24, 2.45) is 0 Å². The first kappa shape index (κ1) is 38.0. The number of rotatable bonds is 4. The molecule has 2 N–H and O–H groups in total. The van der Waals surface area contributed by atoms with Gasteiger partial charge in [-0.3, -0.25) is 9.59 Å². The van der Waals surface area contributed by atoms with Gasteiger partial charge in [0.1, 0.15) is 0 Å². The number of benzene rings is 2. The fourth-order valence-electron chi connectivity index (χ4n) is 5.54. The molecule has 1 saturated carbocycles. The van der Waals surface area contributed by atoms with Gasteiger partial charge in [0, 0.05) is 23.2 Å². The second kappa shape index (κ2) is 14.1. The van der Waals surface area contributed by atoms with Gasteiger partial charge >= 0.3 is 25.4 Å². The van der Waals surface area contributed by atoms with Crippen molar-refractivity contribution < 1.29 is 35.2 Å². The summed E-state index contributed by atoms with van der Waals surface area (Å²) in [5, 5.41) is 33.2. The molecule has 0 aliphatic heterocycles. The molecule has 44 heavy (non-hydrogen) atoms. The third-order valence-corrected chi connectivity index (χ3v) is 8.41. The Bertz CT molecular complexity index is 1240. The summed E-state index contributed by atoms with van der Waals surface area (Å²) in [5.74, 6) is -1.35. The number of hydrogen-bond donors (Lipinski definition) is 2. The molecule has 0 aromatic heterocycles. The second-order valence-electron chi connectivity index (χ2n) is 16.2. The fourth-order valence-corrected chi connectivity index (χ4v) is 5.54. The summed E-state index contributed by atoms with van der Waals surface area (Å²) >= 11 is 2.10.